The lowest BCUT2D eigenvalue weighted by atomic mass is 10.1. The quantitative estimate of drug-likeness (QED) is 0.508. The van der Waals surface area contributed by atoms with Crippen LogP contribution in [-0.2, 0) is 0 Å². The minimum Gasteiger partial charge on any atom is -0.398 e. The van der Waals surface area contributed by atoms with Gasteiger partial charge in [-0.2, -0.15) is 0 Å². The van der Waals surface area contributed by atoms with Gasteiger partial charge in [-0.25, -0.2) is 4.98 Å². The Balaban J connectivity index is 2.01. The Hall–Kier alpha value is -1.98. The number of nitrogens with zero attached hydrogens (tertiary/aromatic N) is 1. The van der Waals surface area contributed by atoms with Gasteiger partial charge in [-0.3, -0.25) is 5.41 Å². The van der Waals surface area contributed by atoms with E-state index < -0.39 is 0 Å². The average Bonchev–Trinajstić information content (AvgIpc) is 2.90. The summed E-state index contributed by atoms with van der Waals surface area (Å²) in [4.78, 5) is 5.64. The number of nitrogens with one attached hydrogen (secondary N) is 1. The number of hydrogen-bond acceptors (Lipinski definition) is 4. The second-order valence-electron chi connectivity index (χ2n) is 4.90. The van der Waals surface area contributed by atoms with Gasteiger partial charge in [0.2, 0.25) is 0 Å². The standard InChI is InChI=1S/C17H14BrN3S/c1-10-16(11-6-8-12(18)9-7-11)22-17(21-10)15(20)13-4-2-3-5-14(13)19/h2-9,20H,19H2,1H3. The van der Waals surface area contributed by atoms with Crippen LogP contribution in [0.4, 0.5) is 5.69 Å². The van der Waals surface area contributed by atoms with Crippen LogP contribution in [0.3, 0.4) is 0 Å². The predicted molar refractivity (Wildman–Crippen MR) is 96.8 cm³/mol. The van der Waals surface area contributed by atoms with Crippen molar-refractivity contribution in [1.29, 1.82) is 5.41 Å². The van der Waals surface area contributed by atoms with Gasteiger partial charge in [0.1, 0.15) is 5.01 Å². The summed E-state index contributed by atoms with van der Waals surface area (Å²) in [5, 5.41) is 9.07. The first kappa shape index (κ1) is 14.9. The summed E-state index contributed by atoms with van der Waals surface area (Å²) in [7, 11) is 0. The Kier molecular flexibility index (Phi) is 4.09. The molecule has 0 spiro atoms. The monoisotopic (exact) mass is 371 g/mol. The highest BCUT2D eigenvalue weighted by Gasteiger charge is 2.15. The van der Waals surface area contributed by atoms with E-state index in [-0.39, 0.29) is 0 Å². The molecule has 22 heavy (non-hydrogen) atoms. The van der Waals surface area contributed by atoms with Crippen molar-refractivity contribution < 1.29 is 0 Å². The summed E-state index contributed by atoms with van der Waals surface area (Å²) in [6.07, 6.45) is 0. The van der Waals surface area contributed by atoms with Gasteiger partial charge < -0.3 is 5.73 Å². The molecule has 0 fully saturated rings. The van der Waals surface area contributed by atoms with Gasteiger partial charge in [-0.15, -0.1) is 11.3 Å². The van der Waals surface area contributed by atoms with E-state index in [1.54, 1.807) is 6.07 Å². The third-order valence-corrected chi connectivity index (χ3v) is 5.10. The maximum absolute atomic E-state index is 8.38. The van der Waals surface area contributed by atoms with Crippen LogP contribution in [0.1, 0.15) is 16.3 Å². The minimum absolute atomic E-state index is 0.370. The first-order valence-electron chi connectivity index (χ1n) is 6.73. The largest absolute Gasteiger partial charge is 0.398 e. The number of rotatable bonds is 3. The molecule has 0 aliphatic rings. The zero-order valence-corrected chi connectivity index (χ0v) is 14.3. The molecule has 0 atom stereocenters. The minimum atomic E-state index is 0.370. The number of para-hydroxylation sites is 1. The molecule has 3 rings (SSSR count). The SMILES string of the molecule is Cc1nc(C(=N)c2ccccc2N)sc1-c1ccc(Br)cc1. The van der Waals surface area contributed by atoms with Crippen LogP contribution >= 0.6 is 27.3 Å². The van der Waals surface area contributed by atoms with E-state index in [1.807, 2.05) is 37.3 Å². The number of nitrogen functional groups attached to an aromatic ring is 1. The van der Waals surface area contributed by atoms with Gasteiger partial charge in [0.05, 0.1) is 16.3 Å². The molecular formula is C17H14BrN3S. The Bertz CT molecular complexity index is 837. The number of hydrogen-bond donors (Lipinski definition) is 2. The first-order chi connectivity index (χ1) is 10.6. The lowest BCUT2D eigenvalue weighted by Crippen LogP contribution is -2.04. The van der Waals surface area contributed by atoms with E-state index in [2.05, 4.69) is 33.0 Å². The van der Waals surface area contributed by atoms with Gasteiger partial charge in [-0.1, -0.05) is 46.3 Å². The number of nitrogens with two attached hydrogens (primary N) is 1. The third-order valence-electron chi connectivity index (χ3n) is 3.35. The highest BCUT2D eigenvalue weighted by atomic mass is 79.9. The lowest BCUT2D eigenvalue weighted by molar-refractivity contribution is 1.24. The highest BCUT2D eigenvalue weighted by molar-refractivity contribution is 9.10. The molecule has 2 aromatic carbocycles. The fourth-order valence-corrected chi connectivity index (χ4v) is 3.51. The van der Waals surface area contributed by atoms with Crippen molar-refractivity contribution >= 4 is 38.7 Å². The Labute approximate surface area is 141 Å². The molecule has 0 radical (unpaired) electrons. The van der Waals surface area contributed by atoms with E-state index in [0.29, 0.717) is 16.4 Å². The predicted octanol–water partition coefficient (Wildman–Crippen LogP) is 4.88. The molecule has 3 N–H and O–H groups in total. The van der Waals surface area contributed by atoms with Crippen LogP contribution in [-0.4, -0.2) is 10.7 Å². The molecule has 3 nitrogen and oxygen atoms in total. The van der Waals surface area contributed by atoms with Crippen LogP contribution < -0.4 is 5.73 Å². The summed E-state index contributed by atoms with van der Waals surface area (Å²) in [6.45, 7) is 1.97. The Morgan fingerprint density at radius 3 is 2.50 bits per heavy atom. The van der Waals surface area contributed by atoms with Gasteiger partial charge in [0.25, 0.3) is 0 Å². The van der Waals surface area contributed by atoms with Crippen LogP contribution in [0.5, 0.6) is 0 Å². The van der Waals surface area contributed by atoms with Gasteiger partial charge in [0, 0.05) is 15.7 Å². The van der Waals surface area contributed by atoms with E-state index in [1.165, 1.54) is 11.3 Å². The second-order valence-corrected chi connectivity index (χ2v) is 6.82. The number of anilines is 1. The van der Waals surface area contributed by atoms with E-state index in [9.17, 15) is 0 Å². The second kappa shape index (κ2) is 6.02. The zero-order valence-electron chi connectivity index (χ0n) is 11.9. The van der Waals surface area contributed by atoms with Crippen LogP contribution in [0.15, 0.2) is 53.0 Å². The maximum atomic E-state index is 8.38. The fraction of sp³-hybridized carbons (Fsp3) is 0.0588. The van der Waals surface area contributed by atoms with Crippen LogP contribution in [0.25, 0.3) is 10.4 Å². The van der Waals surface area contributed by atoms with Crippen LogP contribution in [0, 0.1) is 12.3 Å². The first-order valence-corrected chi connectivity index (χ1v) is 8.34. The summed E-state index contributed by atoms with van der Waals surface area (Å²) in [5.74, 6) is 0. The fourth-order valence-electron chi connectivity index (χ4n) is 2.21. The van der Waals surface area contributed by atoms with Crippen molar-refractivity contribution in [2.75, 3.05) is 5.73 Å². The molecule has 0 saturated carbocycles. The van der Waals surface area contributed by atoms with Crippen molar-refractivity contribution in [3.05, 3.63) is 69.3 Å². The van der Waals surface area contributed by atoms with Crippen molar-refractivity contribution in [3.8, 4) is 10.4 Å². The molecule has 0 amide bonds. The Morgan fingerprint density at radius 1 is 1.14 bits per heavy atom. The molecule has 0 aliphatic carbocycles. The topological polar surface area (TPSA) is 62.8 Å². The molecule has 0 aliphatic heterocycles. The number of halogens is 1. The molecule has 0 unspecified atom stereocenters. The van der Waals surface area contributed by atoms with Crippen molar-refractivity contribution in [2.45, 2.75) is 6.92 Å². The summed E-state index contributed by atoms with van der Waals surface area (Å²) in [5.41, 5.74) is 9.70. The Morgan fingerprint density at radius 2 is 1.82 bits per heavy atom. The zero-order chi connectivity index (χ0) is 15.7. The number of aromatic nitrogens is 1. The van der Waals surface area contributed by atoms with E-state index >= 15 is 0 Å². The molecule has 3 aromatic rings. The molecule has 5 heteroatoms. The summed E-state index contributed by atoms with van der Waals surface area (Å²) in [6, 6.07) is 15.5. The number of aryl methyl sites for hydroxylation is 1. The maximum Gasteiger partial charge on any atom is 0.142 e. The highest BCUT2D eigenvalue weighted by Crippen LogP contribution is 2.32. The third kappa shape index (κ3) is 2.82. The molecule has 0 bridgehead atoms. The molecule has 1 aromatic heterocycles. The van der Waals surface area contributed by atoms with Gasteiger partial charge >= 0.3 is 0 Å². The van der Waals surface area contributed by atoms with E-state index in [4.69, 9.17) is 11.1 Å². The van der Waals surface area contributed by atoms with Gasteiger partial charge in [-0.05, 0) is 30.7 Å². The average molecular weight is 372 g/mol. The number of benzene rings is 2. The smallest absolute Gasteiger partial charge is 0.142 e. The normalized spacial score (nSPS) is 10.6. The molecule has 1 heterocycles. The van der Waals surface area contributed by atoms with Crippen molar-refractivity contribution in [1.82, 2.24) is 4.98 Å². The summed E-state index contributed by atoms with van der Waals surface area (Å²) < 4.78 is 1.04. The molecular weight excluding hydrogens is 358 g/mol. The molecule has 0 saturated heterocycles. The van der Waals surface area contributed by atoms with Gasteiger partial charge in [0.15, 0.2) is 0 Å². The van der Waals surface area contributed by atoms with E-state index in [0.717, 1.165) is 26.2 Å². The summed E-state index contributed by atoms with van der Waals surface area (Å²) >= 11 is 4.97. The lowest BCUT2D eigenvalue weighted by Gasteiger charge is -2.03. The van der Waals surface area contributed by atoms with Crippen LogP contribution in [0.2, 0.25) is 0 Å². The molecule has 110 valence electrons. The van der Waals surface area contributed by atoms with Crippen molar-refractivity contribution in [3.63, 3.8) is 0 Å². The number of thiazole rings is 1. The van der Waals surface area contributed by atoms with Crippen molar-refractivity contribution in [2.24, 2.45) is 0 Å².